The van der Waals surface area contributed by atoms with E-state index >= 15 is 0 Å². The maximum atomic E-state index is 9.47. The summed E-state index contributed by atoms with van der Waals surface area (Å²) in [6.45, 7) is 1.93. The Balaban J connectivity index is 2.53. The lowest BCUT2D eigenvalue weighted by atomic mass is 10.1. The average Bonchev–Trinajstić information content (AvgIpc) is 2.45. The molecule has 1 aromatic heterocycles. The molecule has 4 heteroatoms. The van der Waals surface area contributed by atoms with Gasteiger partial charge in [0, 0.05) is 18.7 Å². The summed E-state index contributed by atoms with van der Waals surface area (Å²) < 4.78 is 1.61. The van der Waals surface area contributed by atoms with Crippen LogP contribution in [0.25, 0.3) is 11.3 Å². The van der Waals surface area contributed by atoms with Crippen molar-refractivity contribution in [1.29, 1.82) is 0 Å². The Hall–Kier alpha value is -1.97. The number of benzene rings is 1. The molecule has 1 aromatic carbocycles. The van der Waals surface area contributed by atoms with E-state index < -0.39 is 0 Å². The predicted octanol–water partition coefficient (Wildman–Crippen LogP) is 1.68. The Morgan fingerprint density at radius 2 is 2.00 bits per heavy atom. The summed E-state index contributed by atoms with van der Waals surface area (Å²) >= 11 is 0. The zero-order valence-electron chi connectivity index (χ0n) is 8.73. The number of nitrogens with two attached hydrogens (primary N) is 1. The third-order valence-electron chi connectivity index (χ3n) is 2.27. The minimum Gasteiger partial charge on any atom is -0.508 e. The highest BCUT2D eigenvalue weighted by atomic mass is 16.3. The molecule has 0 atom stereocenters. The molecule has 0 spiro atoms. The largest absolute Gasteiger partial charge is 0.508 e. The van der Waals surface area contributed by atoms with E-state index in [2.05, 4.69) is 5.10 Å². The lowest BCUT2D eigenvalue weighted by Gasteiger charge is -2.00. The third-order valence-corrected chi connectivity index (χ3v) is 2.27. The molecular formula is C11H13N3O. The number of phenols is 1. The molecular weight excluding hydrogens is 190 g/mol. The van der Waals surface area contributed by atoms with Crippen LogP contribution < -0.4 is 5.73 Å². The molecule has 0 amide bonds. The number of rotatable bonds is 1. The smallest absolute Gasteiger partial charge is 0.121 e. The van der Waals surface area contributed by atoms with Gasteiger partial charge >= 0.3 is 0 Å². The van der Waals surface area contributed by atoms with Crippen molar-refractivity contribution < 1.29 is 5.11 Å². The minimum absolute atomic E-state index is 0.245. The average molecular weight is 203 g/mol. The van der Waals surface area contributed by atoms with Gasteiger partial charge in [0.2, 0.25) is 0 Å². The fourth-order valence-corrected chi connectivity index (χ4v) is 1.53. The van der Waals surface area contributed by atoms with Crippen molar-refractivity contribution in [2.45, 2.75) is 6.92 Å². The normalized spacial score (nSPS) is 10.5. The third kappa shape index (κ3) is 1.79. The molecule has 0 aliphatic heterocycles. The monoisotopic (exact) mass is 203 g/mol. The van der Waals surface area contributed by atoms with Gasteiger partial charge in [0.25, 0.3) is 0 Å². The minimum atomic E-state index is 0.245. The van der Waals surface area contributed by atoms with E-state index in [1.807, 2.05) is 13.0 Å². The van der Waals surface area contributed by atoms with Crippen LogP contribution in [0.1, 0.15) is 5.56 Å². The zero-order chi connectivity index (χ0) is 11.0. The summed E-state index contributed by atoms with van der Waals surface area (Å²) in [6, 6.07) is 7.13. The highest BCUT2D eigenvalue weighted by Crippen LogP contribution is 2.25. The Kier molecular flexibility index (Phi) is 2.11. The first-order valence-electron chi connectivity index (χ1n) is 4.67. The summed E-state index contributed by atoms with van der Waals surface area (Å²) in [5.74, 6) is 0.847. The topological polar surface area (TPSA) is 64.1 Å². The summed E-state index contributed by atoms with van der Waals surface area (Å²) in [5, 5.41) is 13.7. The second kappa shape index (κ2) is 3.31. The van der Waals surface area contributed by atoms with Crippen LogP contribution >= 0.6 is 0 Å². The van der Waals surface area contributed by atoms with Crippen LogP contribution in [0, 0.1) is 6.92 Å². The highest BCUT2D eigenvalue weighted by Gasteiger charge is 2.06. The van der Waals surface area contributed by atoms with Gasteiger partial charge in [0.05, 0.1) is 5.69 Å². The molecule has 2 rings (SSSR count). The number of anilines is 1. The van der Waals surface area contributed by atoms with Gasteiger partial charge in [0.1, 0.15) is 11.6 Å². The molecule has 1 heterocycles. The van der Waals surface area contributed by atoms with Crippen LogP contribution in [0.2, 0.25) is 0 Å². The first-order valence-corrected chi connectivity index (χ1v) is 4.67. The maximum absolute atomic E-state index is 9.47. The van der Waals surface area contributed by atoms with Crippen LogP contribution in [0.5, 0.6) is 5.75 Å². The molecule has 0 aliphatic carbocycles. The van der Waals surface area contributed by atoms with E-state index in [0.29, 0.717) is 5.82 Å². The predicted molar refractivity (Wildman–Crippen MR) is 59.5 cm³/mol. The van der Waals surface area contributed by atoms with E-state index in [9.17, 15) is 5.11 Å². The SMILES string of the molecule is Cc1cc(O)cc(-c2cc(N)n(C)n2)c1. The van der Waals surface area contributed by atoms with Crippen molar-refractivity contribution in [2.24, 2.45) is 7.05 Å². The van der Waals surface area contributed by atoms with E-state index in [1.54, 1.807) is 29.9 Å². The van der Waals surface area contributed by atoms with Crippen molar-refractivity contribution in [3.63, 3.8) is 0 Å². The molecule has 0 bridgehead atoms. The van der Waals surface area contributed by atoms with E-state index in [-0.39, 0.29) is 5.75 Å². The van der Waals surface area contributed by atoms with Crippen LogP contribution in [0.4, 0.5) is 5.82 Å². The molecule has 0 saturated carbocycles. The Labute approximate surface area is 88.0 Å². The number of aromatic hydroxyl groups is 1. The molecule has 0 aliphatic rings. The van der Waals surface area contributed by atoms with Gasteiger partial charge < -0.3 is 10.8 Å². The number of aryl methyl sites for hydroxylation is 2. The van der Waals surface area contributed by atoms with Gasteiger partial charge in [-0.05, 0) is 30.7 Å². The number of hydrogen-bond donors (Lipinski definition) is 2. The van der Waals surface area contributed by atoms with Crippen molar-refractivity contribution in [1.82, 2.24) is 9.78 Å². The number of nitrogen functional groups attached to an aromatic ring is 1. The molecule has 3 N–H and O–H groups in total. The highest BCUT2D eigenvalue weighted by molar-refractivity contribution is 5.64. The quantitative estimate of drug-likeness (QED) is 0.741. The first-order chi connectivity index (χ1) is 7.06. The molecule has 2 aromatic rings. The van der Waals surface area contributed by atoms with Gasteiger partial charge in [-0.2, -0.15) is 5.10 Å². The number of nitrogens with zero attached hydrogens (tertiary/aromatic N) is 2. The zero-order valence-corrected chi connectivity index (χ0v) is 8.73. The molecule has 4 nitrogen and oxygen atoms in total. The molecule has 0 radical (unpaired) electrons. The molecule has 15 heavy (non-hydrogen) atoms. The van der Waals surface area contributed by atoms with E-state index in [4.69, 9.17) is 5.73 Å². The fraction of sp³-hybridized carbons (Fsp3) is 0.182. The molecule has 0 unspecified atom stereocenters. The molecule has 0 fully saturated rings. The van der Waals surface area contributed by atoms with Gasteiger partial charge in [-0.1, -0.05) is 0 Å². The van der Waals surface area contributed by atoms with Crippen molar-refractivity contribution in [2.75, 3.05) is 5.73 Å². The Bertz CT molecular complexity index is 463. The summed E-state index contributed by atoms with van der Waals surface area (Å²) in [6.07, 6.45) is 0. The van der Waals surface area contributed by atoms with Gasteiger partial charge in [-0.3, -0.25) is 4.68 Å². The van der Waals surface area contributed by atoms with Gasteiger partial charge in [-0.25, -0.2) is 0 Å². The second-order valence-corrected chi connectivity index (χ2v) is 3.64. The van der Waals surface area contributed by atoms with Crippen LogP contribution in [0.3, 0.4) is 0 Å². The van der Waals surface area contributed by atoms with Crippen LogP contribution in [-0.2, 0) is 7.05 Å². The maximum Gasteiger partial charge on any atom is 0.121 e. The molecule has 78 valence electrons. The van der Waals surface area contributed by atoms with Gasteiger partial charge in [-0.15, -0.1) is 0 Å². The number of phenolic OH excluding ortho intramolecular Hbond substituents is 1. The molecule has 0 saturated heterocycles. The Morgan fingerprint density at radius 3 is 2.53 bits per heavy atom. The summed E-state index contributed by atoms with van der Waals surface area (Å²) in [5.41, 5.74) is 8.33. The number of hydrogen-bond acceptors (Lipinski definition) is 3. The Morgan fingerprint density at radius 1 is 1.27 bits per heavy atom. The second-order valence-electron chi connectivity index (χ2n) is 3.64. The van der Waals surface area contributed by atoms with Crippen molar-refractivity contribution >= 4 is 5.82 Å². The van der Waals surface area contributed by atoms with Crippen molar-refractivity contribution in [3.8, 4) is 17.0 Å². The lowest BCUT2D eigenvalue weighted by molar-refractivity contribution is 0.475. The van der Waals surface area contributed by atoms with Crippen LogP contribution in [-0.4, -0.2) is 14.9 Å². The fourth-order valence-electron chi connectivity index (χ4n) is 1.53. The van der Waals surface area contributed by atoms with Crippen molar-refractivity contribution in [3.05, 3.63) is 29.8 Å². The lowest BCUT2D eigenvalue weighted by Crippen LogP contribution is -1.96. The summed E-state index contributed by atoms with van der Waals surface area (Å²) in [7, 11) is 1.79. The first kappa shape index (κ1) is 9.58. The standard InChI is InChI=1S/C11H13N3O/c1-7-3-8(5-9(15)4-7)10-6-11(12)14(2)13-10/h3-6,15H,12H2,1-2H3. The van der Waals surface area contributed by atoms with E-state index in [0.717, 1.165) is 16.8 Å². The van der Waals surface area contributed by atoms with Gasteiger partial charge in [0.15, 0.2) is 0 Å². The van der Waals surface area contributed by atoms with Crippen LogP contribution in [0.15, 0.2) is 24.3 Å². The number of aromatic nitrogens is 2. The summed E-state index contributed by atoms with van der Waals surface area (Å²) in [4.78, 5) is 0. The van der Waals surface area contributed by atoms with E-state index in [1.165, 1.54) is 0 Å².